The number of halogens is 2. The number of rotatable bonds is 12. The van der Waals surface area contributed by atoms with Gasteiger partial charge >= 0.3 is 5.97 Å². The van der Waals surface area contributed by atoms with Crippen molar-refractivity contribution in [1.82, 2.24) is 0 Å². The number of hydrogen-bond donors (Lipinski definition) is 1. The molecule has 5 nitrogen and oxygen atoms in total. The molecule has 0 aromatic heterocycles. The molecule has 0 atom stereocenters. The topological polar surface area (TPSA) is 64.6 Å². The zero-order chi connectivity index (χ0) is 21.8. The minimum absolute atomic E-state index is 0.132. The van der Waals surface area contributed by atoms with Gasteiger partial charge in [0.25, 0.3) is 0 Å². The number of anilines is 1. The van der Waals surface area contributed by atoms with E-state index in [1.54, 1.807) is 42.5 Å². The number of hydrogen-bond acceptors (Lipinski definition) is 4. The van der Waals surface area contributed by atoms with Crippen LogP contribution in [0.5, 0.6) is 5.75 Å². The quantitative estimate of drug-likeness (QED) is 0.294. The summed E-state index contributed by atoms with van der Waals surface area (Å²) in [6, 6.07) is 11.7. The third-order valence-corrected chi connectivity index (χ3v) is 4.87. The first-order valence-corrected chi connectivity index (χ1v) is 10.9. The highest BCUT2D eigenvalue weighted by molar-refractivity contribution is 6.35. The van der Waals surface area contributed by atoms with Crippen molar-refractivity contribution in [1.29, 1.82) is 0 Å². The Hall–Kier alpha value is -2.24. The highest BCUT2D eigenvalue weighted by Gasteiger charge is 2.08. The van der Waals surface area contributed by atoms with Gasteiger partial charge < -0.3 is 14.8 Å². The fourth-order valence-corrected chi connectivity index (χ4v) is 3.16. The number of carbonyl (C=O) groups is 2. The molecule has 1 amide bonds. The fourth-order valence-electron chi connectivity index (χ4n) is 2.70. The predicted molar refractivity (Wildman–Crippen MR) is 121 cm³/mol. The van der Waals surface area contributed by atoms with E-state index >= 15 is 0 Å². The zero-order valence-electron chi connectivity index (χ0n) is 17.1. The van der Waals surface area contributed by atoms with Gasteiger partial charge in [0.05, 0.1) is 23.8 Å². The average Bonchev–Trinajstić information content (AvgIpc) is 2.72. The van der Waals surface area contributed by atoms with E-state index in [1.165, 1.54) is 0 Å². The molecule has 0 aliphatic rings. The van der Waals surface area contributed by atoms with Crippen molar-refractivity contribution in [2.75, 3.05) is 18.5 Å². The van der Waals surface area contributed by atoms with Gasteiger partial charge in [0.1, 0.15) is 5.75 Å². The Bertz CT molecular complexity index is 824. The summed E-state index contributed by atoms with van der Waals surface area (Å²) < 4.78 is 10.8. The molecule has 0 aliphatic heterocycles. The first kappa shape index (κ1) is 24.0. The summed E-state index contributed by atoms with van der Waals surface area (Å²) in [6.07, 6.45) is 5.06. The van der Waals surface area contributed by atoms with Crippen molar-refractivity contribution in [2.24, 2.45) is 0 Å². The fraction of sp³-hybridized carbons (Fsp3) is 0.391. The van der Waals surface area contributed by atoms with E-state index < -0.39 is 0 Å². The van der Waals surface area contributed by atoms with Crippen molar-refractivity contribution in [3.63, 3.8) is 0 Å². The molecule has 0 spiro atoms. The summed E-state index contributed by atoms with van der Waals surface area (Å²) in [5.41, 5.74) is 1.10. The van der Waals surface area contributed by atoms with Gasteiger partial charge in [0, 0.05) is 17.1 Å². The average molecular weight is 452 g/mol. The lowest BCUT2D eigenvalue weighted by atomic mass is 10.2. The summed E-state index contributed by atoms with van der Waals surface area (Å²) in [5, 5.41) is 3.78. The first-order valence-electron chi connectivity index (χ1n) is 10.1. The maximum Gasteiger partial charge on any atom is 0.338 e. The molecule has 2 aromatic rings. The van der Waals surface area contributed by atoms with Crippen LogP contribution in [0.1, 0.15) is 55.8 Å². The third kappa shape index (κ3) is 8.64. The van der Waals surface area contributed by atoms with Crippen LogP contribution in [-0.2, 0) is 9.53 Å². The number of amides is 1. The highest BCUT2D eigenvalue weighted by Crippen LogP contribution is 2.27. The largest absolute Gasteiger partial charge is 0.492 e. The van der Waals surface area contributed by atoms with Gasteiger partial charge in [-0.1, -0.05) is 49.4 Å². The molecule has 1 N–H and O–H groups in total. The zero-order valence-corrected chi connectivity index (χ0v) is 18.6. The van der Waals surface area contributed by atoms with Crippen LogP contribution in [0.25, 0.3) is 0 Å². The molecule has 162 valence electrons. The molecule has 0 unspecified atom stereocenters. The van der Waals surface area contributed by atoms with Crippen molar-refractivity contribution in [2.45, 2.75) is 45.4 Å². The highest BCUT2D eigenvalue weighted by atomic mass is 35.5. The van der Waals surface area contributed by atoms with Crippen molar-refractivity contribution < 1.29 is 19.1 Å². The van der Waals surface area contributed by atoms with Gasteiger partial charge in [-0.2, -0.15) is 0 Å². The van der Waals surface area contributed by atoms with E-state index in [9.17, 15) is 9.59 Å². The van der Waals surface area contributed by atoms with Gasteiger partial charge in [0.2, 0.25) is 5.91 Å². The number of unbranched alkanes of at least 4 members (excludes halogenated alkanes) is 3. The molecule has 0 bridgehead atoms. The molecule has 2 aromatic carbocycles. The molecular weight excluding hydrogens is 425 g/mol. The van der Waals surface area contributed by atoms with E-state index in [0.717, 1.165) is 25.7 Å². The summed E-state index contributed by atoms with van der Waals surface area (Å²) in [7, 11) is 0. The van der Waals surface area contributed by atoms with E-state index in [4.69, 9.17) is 32.7 Å². The minimum Gasteiger partial charge on any atom is -0.492 e. The number of esters is 1. The van der Waals surface area contributed by atoms with Crippen LogP contribution in [0.2, 0.25) is 10.0 Å². The van der Waals surface area contributed by atoms with Crippen LogP contribution in [0.15, 0.2) is 42.5 Å². The lowest BCUT2D eigenvalue weighted by Gasteiger charge is -2.09. The second-order valence-electron chi connectivity index (χ2n) is 6.85. The second-order valence-corrected chi connectivity index (χ2v) is 7.69. The molecule has 0 saturated carbocycles. The summed E-state index contributed by atoms with van der Waals surface area (Å²) in [4.78, 5) is 24.1. The Kier molecular flexibility index (Phi) is 10.5. The Balaban J connectivity index is 1.68. The van der Waals surface area contributed by atoms with Crippen LogP contribution in [0.4, 0.5) is 5.69 Å². The third-order valence-electron chi connectivity index (χ3n) is 4.34. The van der Waals surface area contributed by atoms with Crippen LogP contribution >= 0.6 is 23.2 Å². The Labute approximate surface area is 187 Å². The van der Waals surface area contributed by atoms with E-state index in [1.807, 2.05) is 0 Å². The van der Waals surface area contributed by atoms with Gasteiger partial charge in [-0.25, -0.2) is 4.79 Å². The molecular formula is C23H27Cl2NO4. The summed E-state index contributed by atoms with van der Waals surface area (Å²) >= 11 is 11.9. The first-order chi connectivity index (χ1) is 14.5. The lowest BCUT2D eigenvalue weighted by Crippen LogP contribution is -2.13. The van der Waals surface area contributed by atoms with E-state index in [-0.39, 0.29) is 11.9 Å². The summed E-state index contributed by atoms with van der Waals surface area (Å²) in [6.45, 7) is 2.93. The Morgan fingerprint density at radius 3 is 2.40 bits per heavy atom. The smallest absolute Gasteiger partial charge is 0.338 e. The van der Waals surface area contributed by atoms with E-state index in [2.05, 4.69) is 12.2 Å². The standard InChI is InChI=1S/C23H27Cl2NO4/c1-2-3-4-5-14-30-23(28)17-8-11-19(12-9-17)26-22(27)7-6-15-29-21-13-10-18(24)16-20(21)25/h8-13,16H,2-7,14-15H2,1H3,(H,26,27). The second kappa shape index (κ2) is 13.1. The van der Waals surface area contributed by atoms with Gasteiger partial charge in [-0.05, 0) is 55.3 Å². The number of benzene rings is 2. The lowest BCUT2D eigenvalue weighted by molar-refractivity contribution is -0.116. The Morgan fingerprint density at radius 1 is 0.933 bits per heavy atom. The number of nitrogens with one attached hydrogen (secondary N) is 1. The van der Waals surface area contributed by atoms with Gasteiger partial charge in [-0.15, -0.1) is 0 Å². The number of carbonyl (C=O) groups excluding carboxylic acids is 2. The monoisotopic (exact) mass is 451 g/mol. The summed E-state index contributed by atoms with van der Waals surface area (Å²) in [5.74, 6) is 0.0590. The molecule has 0 saturated heterocycles. The predicted octanol–water partition coefficient (Wildman–Crippen LogP) is 6.53. The van der Waals surface area contributed by atoms with Crippen LogP contribution in [-0.4, -0.2) is 25.1 Å². The maximum atomic E-state index is 12.1. The number of ether oxygens (including phenoxy) is 2. The normalized spacial score (nSPS) is 10.5. The minimum atomic E-state index is -0.345. The van der Waals surface area contributed by atoms with Crippen molar-refractivity contribution in [3.8, 4) is 5.75 Å². The molecule has 0 heterocycles. The SMILES string of the molecule is CCCCCCOC(=O)c1ccc(NC(=O)CCCOc2ccc(Cl)cc2Cl)cc1. The maximum absolute atomic E-state index is 12.1. The van der Waals surface area contributed by atoms with Crippen LogP contribution in [0, 0.1) is 0 Å². The molecule has 2 rings (SSSR count). The van der Waals surface area contributed by atoms with Gasteiger partial charge in [0.15, 0.2) is 0 Å². The van der Waals surface area contributed by atoms with Crippen molar-refractivity contribution in [3.05, 3.63) is 58.1 Å². The molecule has 30 heavy (non-hydrogen) atoms. The van der Waals surface area contributed by atoms with Crippen LogP contribution in [0.3, 0.4) is 0 Å². The van der Waals surface area contributed by atoms with Gasteiger partial charge in [-0.3, -0.25) is 4.79 Å². The molecule has 7 heteroatoms. The molecule has 0 aliphatic carbocycles. The van der Waals surface area contributed by atoms with Crippen LogP contribution < -0.4 is 10.1 Å². The van der Waals surface area contributed by atoms with E-state index in [0.29, 0.717) is 53.1 Å². The Morgan fingerprint density at radius 2 is 1.70 bits per heavy atom. The van der Waals surface area contributed by atoms with Crippen molar-refractivity contribution >= 4 is 40.8 Å². The molecule has 0 radical (unpaired) electrons. The molecule has 0 fully saturated rings.